The van der Waals surface area contributed by atoms with Crippen molar-refractivity contribution in [2.75, 3.05) is 19.0 Å². The fraction of sp³-hybridized carbons (Fsp3) is 0.125. The van der Waals surface area contributed by atoms with Gasteiger partial charge in [-0.25, -0.2) is 14.6 Å². The third-order valence-corrected chi connectivity index (χ3v) is 5.30. The highest BCUT2D eigenvalue weighted by Crippen LogP contribution is 2.29. The average Bonchev–Trinajstić information content (AvgIpc) is 3.26. The summed E-state index contributed by atoms with van der Waals surface area (Å²) in [6.45, 7) is 0.411. The third-order valence-electron chi connectivity index (χ3n) is 5.05. The Morgan fingerprint density at radius 2 is 1.68 bits per heavy atom. The first-order chi connectivity index (χ1) is 15.0. The molecule has 1 N–H and O–H groups in total. The predicted octanol–water partition coefficient (Wildman–Crippen LogP) is 5.16. The molecule has 0 bridgehead atoms. The maximum absolute atomic E-state index is 12.9. The van der Waals surface area contributed by atoms with Gasteiger partial charge in [0.05, 0.1) is 24.9 Å². The number of nitrogens with one attached hydrogen (secondary N) is 1. The number of ether oxygens (including phenoxy) is 1. The lowest BCUT2D eigenvalue weighted by Gasteiger charge is -2.16. The van der Waals surface area contributed by atoms with Gasteiger partial charge < -0.3 is 10.1 Å². The molecule has 0 radical (unpaired) electrons. The lowest BCUT2D eigenvalue weighted by molar-refractivity contribution is 0.0600. The van der Waals surface area contributed by atoms with Gasteiger partial charge in [0.2, 0.25) is 0 Å². The van der Waals surface area contributed by atoms with Crippen LogP contribution in [0.2, 0.25) is 5.02 Å². The first-order valence-corrected chi connectivity index (χ1v) is 10.1. The lowest BCUT2D eigenvalue weighted by atomic mass is 9.91. The molecule has 31 heavy (non-hydrogen) atoms. The van der Waals surface area contributed by atoms with E-state index in [-0.39, 0.29) is 11.9 Å². The van der Waals surface area contributed by atoms with Gasteiger partial charge in [-0.2, -0.15) is 5.10 Å². The maximum atomic E-state index is 12.9. The fourth-order valence-electron chi connectivity index (χ4n) is 3.45. The summed E-state index contributed by atoms with van der Waals surface area (Å²) in [6.07, 6.45) is 0. The number of carbonyl (C=O) groups is 2. The van der Waals surface area contributed by atoms with Gasteiger partial charge in [-0.05, 0) is 47.5 Å². The Morgan fingerprint density at radius 3 is 2.32 bits per heavy atom. The van der Waals surface area contributed by atoms with Crippen LogP contribution in [-0.2, 0) is 4.74 Å². The molecule has 0 saturated heterocycles. The number of amides is 2. The van der Waals surface area contributed by atoms with E-state index in [9.17, 15) is 9.59 Å². The summed E-state index contributed by atoms with van der Waals surface area (Å²) in [6, 6.07) is 23.6. The zero-order valence-corrected chi connectivity index (χ0v) is 17.5. The lowest BCUT2D eigenvalue weighted by Crippen LogP contribution is -2.30. The molecule has 0 saturated carbocycles. The summed E-state index contributed by atoms with van der Waals surface area (Å²) in [7, 11) is 1.32. The number of nitrogens with zero attached hydrogens (tertiary/aromatic N) is 2. The summed E-state index contributed by atoms with van der Waals surface area (Å²) in [5, 5.41) is 9.52. The SMILES string of the molecule is COC(=O)c1ccc(NC(=O)N2CC(c3ccccc3)C(c3ccc(Cl)cc3)=N2)cc1. The standard InChI is InChI=1S/C24H20ClN3O3/c1-31-23(29)18-9-13-20(14-10-18)26-24(30)28-15-21(16-5-3-2-4-6-16)22(27-28)17-7-11-19(25)12-8-17/h2-14,21H,15H2,1H3,(H,26,30). The van der Waals surface area contributed by atoms with Gasteiger partial charge in [-0.3, -0.25) is 0 Å². The Kier molecular flexibility index (Phi) is 6.00. The van der Waals surface area contributed by atoms with Crippen molar-refractivity contribution in [1.29, 1.82) is 0 Å². The van der Waals surface area contributed by atoms with E-state index in [0.717, 1.165) is 16.8 Å². The van der Waals surface area contributed by atoms with Crippen LogP contribution in [-0.4, -0.2) is 36.4 Å². The molecule has 0 aromatic heterocycles. The molecule has 0 spiro atoms. The minimum absolute atomic E-state index is 0.0603. The number of hydrogen-bond donors (Lipinski definition) is 1. The number of benzene rings is 3. The molecular weight excluding hydrogens is 414 g/mol. The van der Waals surface area contributed by atoms with E-state index in [2.05, 4.69) is 10.4 Å². The van der Waals surface area contributed by atoms with Crippen molar-refractivity contribution in [3.05, 3.63) is 101 Å². The van der Waals surface area contributed by atoms with E-state index in [4.69, 9.17) is 16.3 Å². The molecule has 0 aliphatic carbocycles. The van der Waals surface area contributed by atoms with E-state index >= 15 is 0 Å². The fourth-order valence-corrected chi connectivity index (χ4v) is 3.58. The number of halogens is 1. The van der Waals surface area contributed by atoms with E-state index in [0.29, 0.717) is 22.8 Å². The van der Waals surface area contributed by atoms with Crippen molar-refractivity contribution < 1.29 is 14.3 Å². The van der Waals surface area contributed by atoms with E-state index < -0.39 is 5.97 Å². The average molecular weight is 434 g/mol. The predicted molar refractivity (Wildman–Crippen MR) is 121 cm³/mol. The van der Waals surface area contributed by atoms with Crippen LogP contribution in [0.3, 0.4) is 0 Å². The molecule has 1 aliphatic heterocycles. The van der Waals surface area contributed by atoms with Crippen molar-refractivity contribution in [3.63, 3.8) is 0 Å². The van der Waals surface area contributed by atoms with Crippen LogP contribution in [0.25, 0.3) is 0 Å². The van der Waals surface area contributed by atoms with Gasteiger partial charge in [0.1, 0.15) is 0 Å². The highest BCUT2D eigenvalue weighted by molar-refractivity contribution is 6.30. The first kappa shape index (κ1) is 20.6. The zero-order chi connectivity index (χ0) is 21.8. The van der Waals surface area contributed by atoms with E-state index in [1.165, 1.54) is 12.1 Å². The molecule has 1 aliphatic rings. The molecule has 4 rings (SSSR count). The molecule has 156 valence electrons. The second-order valence-corrected chi connectivity index (χ2v) is 7.47. The first-order valence-electron chi connectivity index (χ1n) is 9.71. The van der Waals surface area contributed by atoms with Crippen LogP contribution in [0.4, 0.5) is 10.5 Å². The smallest absolute Gasteiger partial charge is 0.342 e. The Balaban J connectivity index is 1.57. The second-order valence-electron chi connectivity index (χ2n) is 7.04. The van der Waals surface area contributed by atoms with Gasteiger partial charge in [0, 0.05) is 16.6 Å². The summed E-state index contributed by atoms with van der Waals surface area (Å²) in [5.41, 5.74) is 3.77. The highest BCUT2D eigenvalue weighted by atomic mass is 35.5. The molecule has 0 fully saturated rings. The Morgan fingerprint density at radius 1 is 1.00 bits per heavy atom. The molecule has 1 atom stereocenters. The van der Waals surface area contributed by atoms with Crippen molar-refractivity contribution in [1.82, 2.24) is 5.01 Å². The highest BCUT2D eigenvalue weighted by Gasteiger charge is 2.32. The number of urea groups is 1. The van der Waals surface area contributed by atoms with Crippen molar-refractivity contribution in [2.24, 2.45) is 5.10 Å². The minimum Gasteiger partial charge on any atom is -0.465 e. The number of carbonyl (C=O) groups excluding carboxylic acids is 2. The zero-order valence-electron chi connectivity index (χ0n) is 16.8. The minimum atomic E-state index is -0.430. The number of methoxy groups -OCH3 is 1. The molecule has 3 aromatic carbocycles. The molecule has 6 nitrogen and oxygen atoms in total. The molecular formula is C24H20ClN3O3. The Hall–Kier alpha value is -3.64. The molecule has 2 amide bonds. The van der Waals surface area contributed by atoms with Crippen LogP contribution < -0.4 is 5.32 Å². The van der Waals surface area contributed by atoms with Gasteiger partial charge >= 0.3 is 12.0 Å². The van der Waals surface area contributed by atoms with Crippen molar-refractivity contribution in [3.8, 4) is 0 Å². The number of hydrogen-bond acceptors (Lipinski definition) is 4. The van der Waals surface area contributed by atoms with Gasteiger partial charge in [-0.15, -0.1) is 0 Å². The van der Waals surface area contributed by atoms with E-state index in [1.807, 2.05) is 54.6 Å². The van der Waals surface area contributed by atoms with Crippen molar-refractivity contribution in [2.45, 2.75) is 5.92 Å². The summed E-state index contributed by atoms with van der Waals surface area (Å²) < 4.78 is 4.69. The van der Waals surface area contributed by atoms with Gasteiger partial charge in [0.25, 0.3) is 0 Å². The van der Waals surface area contributed by atoms with Crippen LogP contribution in [0.5, 0.6) is 0 Å². The van der Waals surface area contributed by atoms with Crippen LogP contribution in [0.15, 0.2) is 84.0 Å². The summed E-state index contributed by atoms with van der Waals surface area (Å²) >= 11 is 6.04. The van der Waals surface area contributed by atoms with E-state index in [1.54, 1.807) is 24.3 Å². The second kappa shape index (κ2) is 9.02. The Bertz CT molecular complexity index is 1110. The molecule has 3 aromatic rings. The number of anilines is 1. The summed E-state index contributed by atoms with van der Waals surface area (Å²) in [4.78, 5) is 24.5. The molecule has 1 unspecified atom stereocenters. The maximum Gasteiger partial charge on any atom is 0.342 e. The number of esters is 1. The third kappa shape index (κ3) is 4.59. The topological polar surface area (TPSA) is 71.0 Å². The Labute approximate surface area is 185 Å². The van der Waals surface area contributed by atoms with Gasteiger partial charge in [-0.1, -0.05) is 54.1 Å². The van der Waals surface area contributed by atoms with Crippen LogP contribution >= 0.6 is 11.6 Å². The largest absolute Gasteiger partial charge is 0.465 e. The monoisotopic (exact) mass is 433 g/mol. The number of rotatable bonds is 4. The normalized spacial score (nSPS) is 15.4. The molecule has 7 heteroatoms. The molecule has 1 heterocycles. The van der Waals surface area contributed by atoms with Gasteiger partial charge in [0.15, 0.2) is 0 Å². The van der Waals surface area contributed by atoms with Crippen molar-refractivity contribution >= 4 is 35.0 Å². The summed E-state index contributed by atoms with van der Waals surface area (Å²) in [5.74, 6) is -0.491. The number of hydrazone groups is 1. The van der Waals surface area contributed by atoms with Crippen LogP contribution in [0, 0.1) is 0 Å². The van der Waals surface area contributed by atoms with Crippen LogP contribution in [0.1, 0.15) is 27.4 Å². The quantitative estimate of drug-likeness (QED) is 0.577.